The van der Waals surface area contributed by atoms with Gasteiger partial charge in [-0.15, -0.1) is 0 Å². The Morgan fingerprint density at radius 1 is 0.900 bits per heavy atom. The minimum atomic E-state index is -3.80. The van der Waals surface area contributed by atoms with Gasteiger partial charge in [-0.2, -0.15) is 0 Å². The lowest BCUT2D eigenvalue weighted by Gasteiger charge is -2.34. The molecule has 9 heteroatoms. The van der Waals surface area contributed by atoms with Crippen LogP contribution in [0.4, 0.5) is 5.69 Å². The average Bonchev–Trinajstić information content (AvgIpc) is 2.93. The van der Waals surface area contributed by atoms with E-state index < -0.39 is 28.5 Å². The largest absolute Gasteiger partial charge is 0.354 e. The first kappa shape index (κ1) is 31.4. The molecule has 214 valence electrons. The molecule has 0 aliphatic rings. The maximum Gasteiger partial charge on any atom is 0.244 e. The number of nitrogens with one attached hydrogen (secondary N) is 1. The van der Waals surface area contributed by atoms with E-state index in [9.17, 15) is 18.0 Å². The van der Waals surface area contributed by atoms with Gasteiger partial charge in [-0.1, -0.05) is 97.4 Å². The fourth-order valence-electron chi connectivity index (χ4n) is 4.41. The number of aryl methyl sites for hydroxylation is 1. The van der Waals surface area contributed by atoms with E-state index in [0.29, 0.717) is 18.7 Å². The summed E-state index contributed by atoms with van der Waals surface area (Å²) in [4.78, 5) is 29.3. The van der Waals surface area contributed by atoms with Gasteiger partial charge in [0, 0.05) is 24.0 Å². The number of benzene rings is 3. The highest BCUT2D eigenvalue weighted by molar-refractivity contribution is 9.10. The van der Waals surface area contributed by atoms with Gasteiger partial charge >= 0.3 is 0 Å². The summed E-state index contributed by atoms with van der Waals surface area (Å²) in [5, 5.41) is 2.99. The number of hydrogen-bond acceptors (Lipinski definition) is 4. The average molecular weight is 629 g/mol. The van der Waals surface area contributed by atoms with Crippen molar-refractivity contribution in [3.05, 3.63) is 100 Å². The maximum absolute atomic E-state index is 14.1. The van der Waals surface area contributed by atoms with Gasteiger partial charge in [0.25, 0.3) is 0 Å². The second kappa shape index (κ2) is 14.5. The number of hydrogen-bond donors (Lipinski definition) is 1. The predicted molar refractivity (Wildman–Crippen MR) is 164 cm³/mol. The van der Waals surface area contributed by atoms with Crippen LogP contribution in [0.5, 0.6) is 0 Å². The zero-order chi connectivity index (χ0) is 29.3. The van der Waals surface area contributed by atoms with Crippen molar-refractivity contribution in [2.45, 2.75) is 46.2 Å². The number of para-hydroxylation sites is 1. The van der Waals surface area contributed by atoms with Crippen molar-refractivity contribution in [3.8, 4) is 0 Å². The van der Waals surface area contributed by atoms with E-state index in [1.807, 2.05) is 87.5 Å². The molecule has 2 amide bonds. The lowest BCUT2D eigenvalue weighted by atomic mass is 10.0. The molecule has 40 heavy (non-hydrogen) atoms. The van der Waals surface area contributed by atoms with Crippen molar-refractivity contribution in [1.29, 1.82) is 0 Å². The van der Waals surface area contributed by atoms with Gasteiger partial charge in [-0.25, -0.2) is 8.42 Å². The van der Waals surface area contributed by atoms with Gasteiger partial charge < -0.3 is 10.2 Å². The minimum Gasteiger partial charge on any atom is -0.354 e. The highest BCUT2D eigenvalue weighted by Gasteiger charge is 2.33. The van der Waals surface area contributed by atoms with E-state index in [1.54, 1.807) is 12.1 Å². The van der Waals surface area contributed by atoms with E-state index in [1.165, 1.54) is 4.90 Å². The standard InChI is InChI=1S/C31H38BrN3O4S/c1-5-26-13-9-10-14-28(26)35(40(4,38)39)22-30(36)34(21-25-15-17-27(32)18-16-25)29(31(37)33-20-23(2)3)19-24-11-7-6-8-12-24/h6-18,23,29H,5,19-22H2,1-4H3,(H,33,37). The Bertz CT molecular complexity index is 1380. The molecule has 3 aromatic rings. The van der Waals surface area contributed by atoms with Crippen LogP contribution in [0.25, 0.3) is 0 Å². The number of carbonyl (C=O) groups excluding carboxylic acids is 2. The van der Waals surface area contributed by atoms with Crippen LogP contribution >= 0.6 is 15.9 Å². The van der Waals surface area contributed by atoms with Crippen LogP contribution in [-0.4, -0.2) is 50.5 Å². The van der Waals surface area contributed by atoms with E-state index in [4.69, 9.17) is 0 Å². The van der Waals surface area contributed by atoms with Crippen LogP contribution < -0.4 is 9.62 Å². The molecular weight excluding hydrogens is 590 g/mol. The Labute approximate surface area is 246 Å². The molecule has 0 saturated carbocycles. The Hall–Kier alpha value is -3.17. The third-order valence-corrected chi connectivity index (χ3v) is 8.20. The van der Waals surface area contributed by atoms with E-state index >= 15 is 0 Å². The second-order valence-corrected chi connectivity index (χ2v) is 13.1. The quantitative estimate of drug-likeness (QED) is 0.283. The molecule has 7 nitrogen and oxygen atoms in total. The molecule has 3 rings (SSSR count). The van der Waals surface area contributed by atoms with Crippen molar-refractivity contribution in [2.24, 2.45) is 5.92 Å². The molecule has 0 aromatic heterocycles. The van der Waals surface area contributed by atoms with E-state index in [-0.39, 0.29) is 24.8 Å². The normalized spacial score (nSPS) is 12.2. The fourth-order valence-corrected chi connectivity index (χ4v) is 5.56. The number of amides is 2. The molecule has 0 radical (unpaired) electrons. The number of carbonyl (C=O) groups is 2. The highest BCUT2D eigenvalue weighted by atomic mass is 79.9. The molecule has 3 aromatic carbocycles. The number of nitrogens with zero attached hydrogens (tertiary/aromatic N) is 2. The van der Waals surface area contributed by atoms with Crippen molar-refractivity contribution in [3.63, 3.8) is 0 Å². The Morgan fingerprint density at radius 2 is 1.52 bits per heavy atom. The van der Waals surface area contributed by atoms with Crippen molar-refractivity contribution >= 4 is 43.5 Å². The lowest BCUT2D eigenvalue weighted by molar-refractivity contribution is -0.140. The Kier molecular flexibility index (Phi) is 11.3. The summed E-state index contributed by atoms with van der Waals surface area (Å²) in [5.74, 6) is -0.508. The molecule has 0 fully saturated rings. The van der Waals surface area contributed by atoms with Crippen molar-refractivity contribution in [2.75, 3.05) is 23.7 Å². The van der Waals surface area contributed by atoms with Crippen LogP contribution in [-0.2, 0) is 39.0 Å². The maximum atomic E-state index is 14.1. The smallest absolute Gasteiger partial charge is 0.244 e. The summed E-state index contributed by atoms with van der Waals surface area (Å²) in [5.41, 5.74) is 3.01. The third kappa shape index (κ3) is 8.93. The summed E-state index contributed by atoms with van der Waals surface area (Å²) in [6, 6.07) is 23.4. The first-order valence-corrected chi connectivity index (χ1v) is 16.0. The van der Waals surface area contributed by atoms with Crippen LogP contribution in [0.2, 0.25) is 0 Å². The molecule has 0 spiro atoms. The molecule has 1 N–H and O–H groups in total. The molecule has 0 bridgehead atoms. The summed E-state index contributed by atoms with van der Waals surface area (Å²) < 4.78 is 28.0. The zero-order valence-corrected chi connectivity index (χ0v) is 25.9. The van der Waals surface area contributed by atoms with Crippen molar-refractivity contribution in [1.82, 2.24) is 10.2 Å². The molecule has 0 aliphatic heterocycles. The number of sulfonamides is 1. The van der Waals surface area contributed by atoms with Crippen LogP contribution in [0, 0.1) is 5.92 Å². The Morgan fingerprint density at radius 3 is 2.12 bits per heavy atom. The van der Waals surface area contributed by atoms with E-state index in [2.05, 4.69) is 21.2 Å². The summed E-state index contributed by atoms with van der Waals surface area (Å²) >= 11 is 3.45. The lowest BCUT2D eigenvalue weighted by Crippen LogP contribution is -2.53. The zero-order valence-electron chi connectivity index (χ0n) is 23.5. The monoisotopic (exact) mass is 627 g/mol. The summed E-state index contributed by atoms with van der Waals surface area (Å²) in [6.07, 6.45) is 1.99. The van der Waals surface area contributed by atoms with Crippen LogP contribution in [0.1, 0.15) is 37.5 Å². The first-order valence-electron chi connectivity index (χ1n) is 13.4. The number of anilines is 1. The SMILES string of the molecule is CCc1ccccc1N(CC(=O)N(Cc1ccc(Br)cc1)C(Cc1ccccc1)C(=O)NCC(C)C)S(C)(=O)=O. The topological polar surface area (TPSA) is 86.8 Å². The molecule has 1 unspecified atom stereocenters. The van der Waals surface area contributed by atoms with Crippen molar-refractivity contribution < 1.29 is 18.0 Å². The number of rotatable bonds is 13. The van der Waals surface area contributed by atoms with Crippen LogP contribution in [0.3, 0.4) is 0 Å². The fraction of sp³-hybridized carbons (Fsp3) is 0.355. The number of halogens is 1. The first-order chi connectivity index (χ1) is 19.0. The van der Waals surface area contributed by atoms with Crippen LogP contribution in [0.15, 0.2) is 83.3 Å². The summed E-state index contributed by atoms with van der Waals surface area (Å²) in [7, 11) is -3.80. The van der Waals surface area contributed by atoms with Gasteiger partial charge in [-0.05, 0) is 47.2 Å². The molecule has 0 saturated heterocycles. The molecule has 1 atom stereocenters. The minimum absolute atomic E-state index is 0.145. The van der Waals surface area contributed by atoms with E-state index in [0.717, 1.165) is 31.7 Å². The van der Waals surface area contributed by atoms with Gasteiger partial charge in [0.05, 0.1) is 11.9 Å². The predicted octanol–water partition coefficient (Wildman–Crippen LogP) is 5.19. The van der Waals surface area contributed by atoms with Gasteiger partial charge in [-0.3, -0.25) is 13.9 Å². The molecule has 0 heterocycles. The summed E-state index contributed by atoms with van der Waals surface area (Å²) in [6.45, 7) is 6.14. The Balaban J connectivity index is 2.06. The highest BCUT2D eigenvalue weighted by Crippen LogP contribution is 2.25. The third-order valence-electron chi connectivity index (χ3n) is 6.54. The second-order valence-electron chi connectivity index (χ2n) is 10.2. The van der Waals surface area contributed by atoms with Gasteiger partial charge in [0.2, 0.25) is 21.8 Å². The van der Waals surface area contributed by atoms with Gasteiger partial charge in [0.15, 0.2) is 0 Å². The molecular formula is C31H38BrN3O4S. The molecule has 0 aliphatic carbocycles. The van der Waals surface area contributed by atoms with Gasteiger partial charge in [0.1, 0.15) is 12.6 Å².